The Kier molecular flexibility index (Phi) is 7.18. The quantitative estimate of drug-likeness (QED) is 0.787. The maximum absolute atomic E-state index is 12.2. The number of nitrogens with one attached hydrogen (secondary N) is 1. The van der Waals surface area contributed by atoms with E-state index in [0.29, 0.717) is 23.7 Å². The van der Waals surface area contributed by atoms with E-state index in [0.717, 1.165) is 19.5 Å². The van der Waals surface area contributed by atoms with Gasteiger partial charge in [-0.2, -0.15) is 5.26 Å². The molecule has 0 atom stereocenters. The van der Waals surface area contributed by atoms with Crippen LogP contribution in [0.5, 0.6) is 0 Å². The zero-order valence-electron chi connectivity index (χ0n) is 14.9. The molecule has 0 radical (unpaired) electrons. The molecule has 0 heterocycles. The van der Waals surface area contributed by atoms with Crippen LogP contribution in [0, 0.1) is 11.3 Å². The van der Waals surface area contributed by atoms with Gasteiger partial charge in [0, 0.05) is 19.0 Å². The fraction of sp³-hybridized carbons (Fsp3) is 0.333. The van der Waals surface area contributed by atoms with Gasteiger partial charge >= 0.3 is 0 Å². The number of hydrogen-bond acceptors (Lipinski definition) is 3. The highest BCUT2D eigenvalue weighted by atomic mass is 16.1. The summed E-state index contributed by atoms with van der Waals surface area (Å²) < 4.78 is 0. The fourth-order valence-electron chi connectivity index (χ4n) is 2.68. The maximum atomic E-state index is 12.2. The average Bonchev–Trinajstić information content (AvgIpc) is 2.62. The Morgan fingerprint density at radius 3 is 2.48 bits per heavy atom. The van der Waals surface area contributed by atoms with Crippen molar-refractivity contribution >= 4 is 11.6 Å². The van der Waals surface area contributed by atoms with Crippen LogP contribution in [0.15, 0.2) is 54.6 Å². The summed E-state index contributed by atoms with van der Waals surface area (Å²) in [5, 5.41) is 11.9. The van der Waals surface area contributed by atoms with E-state index in [1.54, 1.807) is 18.2 Å². The van der Waals surface area contributed by atoms with Crippen LogP contribution in [0.2, 0.25) is 0 Å². The molecule has 1 amide bonds. The van der Waals surface area contributed by atoms with Gasteiger partial charge in [0.05, 0.1) is 11.3 Å². The highest BCUT2D eigenvalue weighted by Gasteiger charge is 2.12. The van der Waals surface area contributed by atoms with Crippen LogP contribution in [0.3, 0.4) is 0 Å². The Morgan fingerprint density at radius 2 is 1.80 bits per heavy atom. The third-order valence-electron chi connectivity index (χ3n) is 4.13. The third-order valence-corrected chi connectivity index (χ3v) is 4.13. The molecule has 2 aromatic carbocycles. The van der Waals surface area contributed by atoms with Crippen molar-refractivity contribution in [1.29, 1.82) is 5.26 Å². The number of hydrogen-bond donors (Lipinski definition) is 1. The van der Waals surface area contributed by atoms with Crippen molar-refractivity contribution in [3.05, 3.63) is 65.7 Å². The van der Waals surface area contributed by atoms with E-state index in [2.05, 4.69) is 42.3 Å². The van der Waals surface area contributed by atoms with Crippen LogP contribution in [0.4, 0.5) is 5.69 Å². The molecule has 0 aliphatic rings. The van der Waals surface area contributed by atoms with E-state index in [9.17, 15) is 4.79 Å². The average molecular weight is 335 g/mol. The normalized spacial score (nSPS) is 10.7. The Labute approximate surface area is 150 Å². The smallest absolute Gasteiger partial charge is 0.224 e. The Morgan fingerprint density at radius 1 is 1.12 bits per heavy atom. The van der Waals surface area contributed by atoms with Gasteiger partial charge in [0.25, 0.3) is 0 Å². The lowest BCUT2D eigenvalue weighted by Gasteiger charge is -2.26. The first-order chi connectivity index (χ1) is 12.1. The standard InChI is InChI=1S/C21H25N3O/c1-17(2)24(16-18-9-4-3-5-10-18)14-8-13-21(25)23-20-12-7-6-11-19(20)15-22/h3-7,9-12,17H,8,13-14,16H2,1-2H3,(H,23,25). The molecular weight excluding hydrogens is 310 g/mol. The fourth-order valence-corrected chi connectivity index (χ4v) is 2.68. The molecule has 0 saturated heterocycles. The van der Waals surface area contributed by atoms with Crippen molar-refractivity contribution < 1.29 is 4.79 Å². The molecule has 130 valence electrons. The van der Waals surface area contributed by atoms with Crippen LogP contribution in [-0.2, 0) is 11.3 Å². The van der Waals surface area contributed by atoms with Crippen molar-refractivity contribution in [3.63, 3.8) is 0 Å². The first kappa shape index (κ1) is 18.7. The number of nitriles is 1. The lowest BCUT2D eigenvalue weighted by atomic mass is 10.1. The minimum absolute atomic E-state index is 0.0499. The molecule has 1 N–H and O–H groups in total. The molecule has 0 fully saturated rings. The molecular formula is C21H25N3O. The topological polar surface area (TPSA) is 56.1 Å². The minimum atomic E-state index is -0.0499. The van der Waals surface area contributed by atoms with Crippen molar-refractivity contribution in [2.24, 2.45) is 0 Å². The number of nitrogens with zero attached hydrogens (tertiary/aromatic N) is 2. The van der Waals surface area contributed by atoms with E-state index in [1.807, 2.05) is 24.3 Å². The van der Waals surface area contributed by atoms with Gasteiger partial charge < -0.3 is 5.32 Å². The molecule has 0 saturated carbocycles. The zero-order valence-corrected chi connectivity index (χ0v) is 14.9. The molecule has 0 unspecified atom stereocenters. The van der Waals surface area contributed by atoms with Crippen molar-refractivity contribution in [1.82, 2.24) is 4.90 Å². The van der Waals surface area contributed by atoms with E-state index < -0.39 is 0 Å². The number of anilines is 1. The van der Waals surface area contributed by atoms with Gasteiger partial charge in [-0.05, 0) is 44.5 Å². The van der Waals surface area contributed by atoms with Crippen molar-refractivity contribution in [2.75, 3.05) is 11.9 Å². The second-order valence-electron chi connectivity index (χ2n) is 6.36. The number of benzene rings is 2. The molecule has 0 spiro atoms. The maximum Gasteiger partial charge on any atom is 0.224 e. The highest BCUT2D eigenvalue weighted by molar-refractivity contribution is 5.92. The van der Waals surface area contributed by atoms with E-state index >= 15 is 0 Å². The Bertz CT molecular complexity index is 719. The number of amides is 1. The van der Waals surface area contributed by atoms with Gasteiger partial charge in [-0.15, -0.1) is 0 Å². The van der Waals surface area contributed by atoms with Gasteiger partial charge in [0.15, 0.2) is 0 Å². The SMILES string of the molecule is CC(C)N(CCCC(=O)Nc1ccccc1C#N)Cc1ccccc1. The lowest BCUT2D eigenvalue weighted by Crippen LogP contribution is -2.31. The number of rotatable bonds is 8. The third kappa shape index (κ3) is 6.06. The van der Waals surface area contributed by atoms with E-state index in [1.165, 1.54) is 5.56 Å². The van der Waals surface area contributed by atoms with Gasteiger partial charge in [-0.1, -0.05) is 42.5 Å². The summed E-state index contributed by atoms with van der Waals surface area (Å²) in [6.07, 6.45) is 1.23. The Balaban J connectivity index is 1.83. The summed E-state index contributed by atoms with van der Waals surface area (Å²) in [5.41, 5.74) is 2.35. The molecule has 0 aromatic heterocycles. The van der Waals surface area contributed by atoms with Gasteiger partial charge in [-0.25, -0.2) is 0 Å². The number of carbonyl (C=O) groups excluding carboxylic acids is 1. The minimum Gasteiger partial charge on any atom is -0.325 e. The first-order valence-electron chi connectivity index (χ1n) is 8.67. The lowest BCUT2D eigenvalue weighted by molar-refractivity contribution is -0.116. The van der Waals surface area contributed by atoms with Crippen LogP contribution in [0.1, 0.15) is 37.8 Å². The summed E-state index contributed by atoms with van der Waals surface area (Å²) in [5.74, 6) is -0.0499. The van der Waals surface area contributed by atoms with Gasteiger partial charge in [0.1, 0.15) is 6.07 Å². The summed E-state index contributed by atoms with van der Waals surface area (Å²) in [6.45, 7) is 6.09. The number of para-hydroxylation sites is 1. The van der Waals surface area contributed by atoms with Crippen LogP contribution in [0.25, 0.3) is 0 Å². The predicted octanol–water partition coefficient (Wildman–Crippen LogP) is 4.19. The van der Waals surface area contributed by atoms with E-state index in [4.69, 9.17) is 5.26 Å². The largest absolute Gasteiger partial charge is 0.325 e. The summed E-state index contributed by atoms with van der Waals surface area (Å²) in [4.78, 5) is 14.5. The molecule has 0 aliphatic heterocycles. The second kappa shape index (κ2) is 9.61. The van der Waals surface area contributed by atoms with Crippen LogP contribution < -0.4 is 5.32 Å². The molecule has 0 bridgehead atoms. The summed E-state index contributed by atoms with van der Waals surface area (Å²) in [6, 6.07) is 20.0. The molecule has 25 heavy (non-hydrogen) atoms. The van der Waals surface area contributed by atoms with Crippen LogP contribution in [-0.4, -0.2) is 23.4 Å². The van der Waals surface area contributed by atoms with E-state index in [-0.39, 0.29) is 5.91 Å². The molecule has 2 rings (SSSR count). The second-order valence-corrected chi connectivity index (χ2v) is 6.36. The van der Waals surface area contributed by atoms with Gasteiger partial charge in [-0.3, -0.25) is 9.69 Å². The zero-order chi connectivity index (χ0) is 18.1. The molecule has 4 nitrogen and oxygen atoms in total. The highest BCUT2D eigenvalue weighted by Crippen LogP contribution is 2.14. The predicted molar refractivity (Wildman–Crippen MR) is 101 cm³/mol. The monoisotopic (exact) mass is 335 g/mol. The van der Waals surface area contributed by atoms with Crippen molar-refractivity contribution in [3.8, 4) is 6.07 Å². The Hall–Kier alpha value is -2.64. The molecule has 0 aliphatic carbocycles. The van der Waals surface area contributed by atoms with Crippen molar-refractivity contribution in [2.45, 2.75) is 39.3 Å². The molecule has 2 aromatic rings. The van der Waals surface area contributed by atoms with Gasteiger partial charge in [0.2, 0.25) is 5.91 Å². The summed E-state index contributed by atoms with van der Waals surface area (Å²) >= 11 is 0. The molecule has 4 heteroatoms. The first-order valence-corrected chi connectivity index (χ1v) is 8.67. The number of carbonyl (C=O) groups is 1. The van der Waals surface area contributed by atoms with Crippen LogP contribution >= 0.6 is 0 Å². The summed E-state index contributed by atoms with van der Waals surface area (Å²) in [7, 11) is 0.